The molecule has 3 atom stereocenters. The van der Waals surface area contributed by atoms with Gasteiger partial charge in [-0.15, -0.1) is 0 Å². The topological polar surface area (TPSA) is 23.5 Å². The minimum Gasteiger partial charge on any atom is -0.390 e. The van der Waals surface area contributed by atoms with Gasteiger partial charge in [0.2, 0.25) is 0 Å². The first-order chi connectivity index (χ1) is 12.9. The van der Waals surface area contributed by atoms with E-state index in [1.807, 2.05) is 0 Å². The fraction of sp³-hybridized carbons (Fsp3) is 0.500. The molecule has 0 aromatic heterocycles. The lowest BCUT2D eigenvalue weighted by Gasteiger charge is -2.46. The Kier molecular flexibility index (Phi) is 6.78. The van der Waals surface area contributed by atoms with E-state index in [-0.39, 0.29) is 12.0 Å². The van der Waals surface area contributed by atoms with Crippen LogP contribution in [0, 0.1) is 12.8 Å². The van der Waals surface area contributed by atoms with Crippen molar-refractivity contribution in [2.45, 2.75) is 57.1 Å². The molecule has 0 aliphatic heterocycles. The maximum Gasteiger partial charge on any atom is 0.0697 e. The molecule has 27 heavy (non-hydrogen) atoms. The second-order valence-corrected chi connectivity index (χ2v) is 9.17. The third-order valence-corrected chi connectivity index (χ3v) is 7.04. The lowest BCUT2D eigenvalue weighted by Crippen LogP contribution is -2.47. The van der Waals surface area contributed by atoms with Crippen LogP contribution in [-0.4, -0.2) is 29.7 Å². The highest BCUT2D eigenvalue weighted by Crippen LogP contribution is 2.47. The monoisotopic (exact) mass is 429 g/mol. The van der Waals surface area contributed by atoms with E-state index in [1.165, 1.54) is 23.1 Å². The zero-order valence-corrected chi connectivity index (χ0v) is 18.4. The predicted octanol–water partition coefficient (Wildman–Crippen LogP) is 5.91. The van der Waals surface area contributed by atoms with E-state index >= 15 is 0 Å². The van der Waals surface area contributed by atoms with E-state index < -0.39 is 5.60 Å². The maximum atomic E-state index is 11.8. The van der Waals surface area contributed by atoms with Gasteiger partial charge >= 0.3 is 0 Å². The Morgan fingerprint density at radius 3 is 2.52 bits per heavy atom. The largest absolute Gasteiger partial charge is 0.390 e. The quantitative estimate of drug-likeness (QED) is 0.616. The van der Waals surface area contributed by atoms with Crippen molar-refractivity contribution in [1.82, 2.24) is 4.90 Å². The summed E-state index contributed by atoms with van der Waals surface area (Å²) in [6.45, 7) is 2.17. The normalized spacial score (nSPS) is 24.1. The summed E-state index contributed by atoms with van der Waals surface area (Å²) in [7, 11) is 4.28. The number of hydrogen-bond donors (Lipinski definition) is 1. The SMILES string of the molecule is Cc1ccccc1CCC1(O)CCCCC1C(c1ccccc1Br)N(C)C. The van der Waals surface area contributed by atoms with Crippen LogP contribution in [0.2, 0.25) is 0 Å². The van der Waals surface area contributed by atoms with Crippen LogP contribution in [0.3, 0.4) is 0 Å². The lowest BCUT2D eigenvalue weighted by molar-refractivity contribution is -0.0830. The van der Waals surface area contributed by atoms with Crippen molar-refractivity contribution in [3.63, 3.8) is 0 Å². The molecule has 0 bridgehead atoms. The molecule has 0 amide bonds. The molecule has 0 radical (unpaired) electrons. The van der Waals surface area contributed by atoms with Crippen LogP contribution in [0.5, 0.6) is 0 Å². The van der Waals surface area contributed by atoms with Gasteiger partial charge in [0.15, 0.2) is 0 Å². The summed E-state index contributed by atoms with van der Waals surface area (Å²) >= 11 is 3.75. The van der Waals surface area contributed by atoms with Crippen LogP contribution in [0.25, 0.3) is 0 Å². The Labute approximate surface area is 172 Å². The highest BCUT2D eigenvalue weighted by molar-refractivity contribution is 9.10. The van der Waals surface area contributed by atoms with E-state index in [9.17, 15) is 5.11 Å². The van der Waals surface area contributed by atoms with Gasteiger partial charge in [-0.1, -0.05) is 71.2 Å². The van der Waals surface area contributed by atoms with E-state index in [0.29, 0.717) is 0 Å². The summed E-state index contributed by atoms with van der Waals surface area (Å²) in [6.07, 6.45) is 6.07. The Hall–Kier alpha value is -1.16. The molecule has 3 heteroatoms. The number of aliphatic hydroxyl groups is 1. The fourth-order valence-electron chi connectivity index (χ4n) is 4.82. The summed E-state index contributed by atoms with van der Waals surface area (Å²) in [6, 6.07) is 17.3. The molecule has 1 aliphatic carbocycles. The average molecular weight is 430 g/mol. The highest BCUT2D eigenvalue weighted by Gasteiger charge is 2.44. The Morgan fingerprint density at radius 2 is 1.81 bits per heavy atom. The molecular weight excluding hydrogens is 398 g/mol. The van der Waals surface area contributed by atoms with Crippen molar-refractivity contribution in [1.29, 1.82) is 0 Å². The van der Waals surface area contributed by atoms with E-state index in [2.05, 4.69) is 90.4 Å². The minimum absolute atomic E-state index is 0.211. The Balaban J connectivity index is 1.88. The van der Waals surface area contributed by atoms with Gasteiger partial charge in [0.25, 0.3) is 0 Å². The standard InChI is InChI=1S/C24H32BrNO/c1-18-10-4-5-11-19(18)15-17-24(27)16-9-8-13-21(24)23(26(2)3)20-12-6-7-14-22(20)25/h4-7,10-12,14,21,23,27H,8-9,13,15-17H2,1-3H3. The average Bonchev–Trinajstić information content (AvgIpc) is 2.64. The van der Waals surface area contributed by atoms with Crippen LogP contribution in [-0.2, 0) is 6.42 Å². The second kappa shape index (κ2) is 8.89. The third-order valence-electron chi connectivity index (χ3n) is 6.31. The summed E-state index contributed by atoms with van der Waals surface area (Å²) < 4.78 is 1.13. The summed E-state index contributed by atoms with van der Waals surface area (Å²) in [4.78, 5) is 2.29. The minimum atomic E-state index is -0.620. The molecule has 1 saturated carbocycles. The van der Waals surface area contributed by atoms with E-state index in [0.717, 1.165) is 36.6 Å². The van der Waals surface area contributed by atoms with Gasteiger partial charge in [-0.2, -0.15) is 0 Å². The third kappa shape index (κ3) is 4.64. The van der Waals surface area contributed by atoms with Crippen molar-refractivity contribution in [3.05, 3.63) is 69.7 Å². The number of aryl methyl sites for hydroxylation is 2. The molecule has 3 unspecified atom stereocenters. The molecule has 0 heterocycles. The molecule has 2 aromatic rings. The highest BCUT2D eigenvalue weighted by atomic mass is 79.9. The molecule has 1 fully saturated rings. The molecule has 3 rings (SSSR count). The van der Waals surface area contributed by atoms with Gasteiger partial charge in [-0.25, -0.2) is 0 Å². The summed E-state index contributed by atoms with van der Waals surface area (Å²) in [5.74, 6) is 0.240. The summed E-state index contributed by atoms with van der Waals surface area (Å²) in [5.41, 5.74) is 3.34. The van der Waals surface area contributed by atoms with Crippen molar-refractivity contribution in [2.75, 3.05) is 14.1 Å². The second-order valence-electron chi connectivity index (χ2n) is 8.31. The Morgan fingerprint density at radius 1 is 1.11 bits per heavy atom. The summed E-state index contributed by atoms with van der Waals surface area (Å²) in [5, 5.41) is 11.8. The van der Waals surface area contributed by atoms with Gasteiger partial charge in [0, 0.05) is 16.4 Å². The number of benzene rings is 2. The zero-order valence-electron chi connectivity index (χ0n) is 16.8. The molecule has 1 N–H and O–H groups in total. The molecule has 2 nitrogen and oxygen atoms in total. The van der Waals surface area contributed by atoms with Gasteiger partial charge in [-0.05, 0) is 69.5 Å². The van der Waals surface area contributed by atoms with E-state index in [1.54, 1.807) is 0 Å². The fourth-order valence-corrected chi connectivity index (χ4v) is 5.34. The van der Waals surface area contributed by atoms with Gasteiger partial charge < -0.3 is 10.0 Å². The van der Waals surface area contributed by atoms with Gasteiger partial charge in [0.1, 0.15) is 0 Å². The lowest BCUT2D eigenvalue weighted by atomic mass is 9.67. The van der Waals surface area contributed by atoms with Crippen LogP contribution in [0.15, 0.2) is 53.0 Å². The number of halogens is 1. The zero-order chi connectivity index (χ0) is 19.4. The smallest absolute Gasteiger partial charge is 0.0697 e. The van der Waals surface area contributed by atoms with Crippen LogP contribution in [0.1, 0.15) is 54.8 Å². The van der Waals surface area contributed by atoms with Gasteiger partial charge in [-0.3, -0.25) is 0 Å². The maximum absolute atomic E-state index is 11.8. The molecule has 2 aromatic carbocycles. The van der Waals surface area contributed by atoms with Crippen LogP contribution < -0.4 is 0 Å². The molecule has 0 spiro atoms. The van der Waals surface area contributed by atoms with Crippen LogP contribution >= 0.6 is 15.9 Å². The number of nitrogens with zero attached hydrogens (tertiary/aromatic N) is 1. The van der Waals surface area contributed by atoms with Crippen molar-refractivity contribution in [3.8, 4) is 0 Å². The van der Waals surface area contributed by atoms with Crippen LogP contribution in [0.4, 0.5) is 0 Å². The molecule has 146 valence electrons. The van der Waals surface area contributed by atoms with Crippen molar-refractivity contribution < 1.29 is 5.11 Å². The Bertz CT molecular complexity index is 760. The molecular formula is C24H32BrNO. The number of hydrogen-bond acceptors (Lipinski definition) is 2. The van der Waals surface area contributed by atoms with Crippen molar-refractivity contribution in [2.24, 2.45) is 5.92 Å². The number of rotatable bonds is 6. The van der Waals surface area contributed by atoms with Crippen molar-refractivity contribution >= 4 is 15.9 Å². The first kappa shape index (κ1) is 20.6. The first-order valence-corrected chi connectivity index (χ1v) is 10.9. The molecule has 1 aliphatic rings. The van der Waals surface area contributed by atoms with Gasteiger partial charge in [0.05, 0.1) is 5.60 Å². The first-order valence-electron chi connectivity index (χ1n) is 10.1. The predicted molar refractivity (Wildman–Crippen MR) is 117 cm³/mol. The van der Waals surface area contributed by atoms with E-state index in [4.69, 9.17) is 0 Å². The molecule has 0 saturated heterocycles.